The Labute approximate surface area is 158 Å². The standard InChI is InChI=1S/C21H22N2O4/c1-2-27-21(26)17-10-6-7-11-18(17)22-20(25)16-12-19(24)23(14-16)13-15-8-4-3-5-9-15/h3-11,16H,2,12-14H2,1H3,(H,22,25). The lowest BCUT2D eigenvalue weighted by atomic mass is 10.1. The third-order valence-corrected chi connectivity index (χ3v) is 4.48. The van der Waals surface area contributed by atoms with E-state index in [0.717, 1.165) is 5.56 Å². The first-order chi connectivity index (χ1) is 13.1. The molecule has 6 heteroatoms. The van der Waals surface area contributed by atoms with E-state index in [-0.39, 0.29) is 24.8 Å². The first-order valence-electron chi connectivity index (χ1n) is 8.97. The zero-order chi connectivity index (χ0) is 19.2. The minimum Gasteiger partial charge on any atom is -0.462 e. The molecule has 1 N–H and O–H groups in total. The third-order valence-electron chi connectivity index (χ3n) is 4.48. The fraction of sp³-hybridized carbons (Fsp3) is 0.286. The van der Waals surface area contributed by atoms with E-state index in [1.54, 1.807) is 36.1 Å². The second-order valence-electron chi connectivity index (χ2n) is 6.42. The van der Waals surface area contributed by atoms with E-state index in [0.29, 0.717) is 24.3 Å². The average Bonchev–Trinajstić information content (AvgIpc) is 3.04. The van der Waals surface area contributed by atoms with Crippen molar-refractivity contribution in [3.05, 3.63) is 65.7 Å². The molecule has 2 aromatic rings. The average molecular weight is 366 g/mol. The summed E-state index contributed by atoms with van der Waals surface area (Å²) in [6, 6.07) is 16.4. The Morgan fingerprint density at radius 1 is 1.11 bits per heavy atom. The topological polar surface area (TPSA) is 75.7 Å². The number of ether oxygens (including phenoxy) is 1. The zero-order valence-electron chi connectivity index (χ0n) is 15.2. The molecule has 2 amide bonds. The maximum Gasteiger partial charge on any atom is 0.340 e. The molecular formula is C21H22N2O4. The number of carbonyl (C=O) groups excluding carboxylic acids is 3. The Bertz CT molecular complexity index is 835. The van der Waals surface area contributed by atoms with Gasteiger partial charge in [-0.2, -0.15) is 0 Å². The first-order valence-corrected chi connectivity index (χ1v) is 8.97. The van der Waals surface area contributed by atoms with Gasteiger partial charge in [-0.05, 0) is 24.6 Å². The fourth-order valence-electron chi connectivity index (χ4n) is 3.12. The molecule has 6 nitrogen and oxygen atoms in total. The van der Waals surface area contributed by atoms with E-state index in [1.165, 1.54) is 0 Å². The molecule has 1 unspecified atom stereocenters. The van der Waals surface area contributed by atoms with E-state index in [4.69, 9.17) is 4.74 Å². The number of nitrogens with zero attached hydrogens (tertiary/aromatic N) is 1. The Kier molecular flexibility index (Phi) is 5.86. The number of likely N-dealkylation sites (tertiary alicyclic amines) is 1. The second-order valence-corrected chi connectivity index (χ2v) is 6.42. The van der Waals surface area contributed by atoms with Gasteiger partial charge in [0.05, 0.1) is 23.8 Å². The molecular weight excluding hydrogens is 344 g/mol. The van der Waals surface area contributed by atoms with Gasteiger partial charge in [-0.1, -0.05) is 42.5 Å². The number of anilines is 1. The monoisotopic (exact) mass is 366 g/mol. The lowest BCUT2D eigenvalue weighted by Crippen LogP contribution is -2.28. The van der Waals surface area contributed by atoms with Crippen molar-refractivity contribution in [2.75, 3.05) is 18.5 Å². The fourth-order valence-corrected chi connectivity index (χ4v) is 3.12. The van der Waals surface area contributed by atoms with Gasteiger partial charge in [-0.3, -0.25) is 9.59 Å². The van der Waals surface area contributed by atoms with E-state index in [2.05, 4.69) is 5.32 Å². The van der Waals surface area contributed by atoms with Gasteiger partial charge in [0.2, 0.25) is 11.8 Å². The van der Waals surface area contributed by atoms with E-state index in [1.807, 2.05) is 30.3 Å². The Balaban J connectivity index is 1.66. The van der Waals surface area contributed by atoms with Gasteiger partial charge in [0.1, 0.15) is 0 Å². The van der Waals surface area contributed by atoms with Crippen LogP contribution in [0.3, 0.4) is 0 Å². The van der Waals surface area contributed by atoms with Crippen molar-refractivity contribution in [2.45, 2.75) is 19.9 Å². The van der Waals surface area contributed by atoms with Crippen molar-refractivity contribution in [3.8, 4) is 0 Å². The quantitative estimate of drug-likeness (QED) is 0.798. The summed E-state index contributed by atoms with van der Waals surface area (Å²) in [7, 11) is 0. The van der Waals surface area contributed by atoms with Gasteiger partial charge in [0.25, 0.3) is 0 Å². The van der Waals surface area contributed by atoms with Crippen LogP contribution >= 0.6 is 0 Å². The number of amides is 2. The summed E-state index contributed by atoms with van der Waals surface area (Å²) in [5, 5.41) is 2.78. The van der Waals surface area contributed by atoms with Crippen LogP contribution in [0.2, 0.25) is 0 Å². The van der Waals surface area contributed by atoms with Gasteiger partial charge in [0.15, 0.2) is 0 Å². The molecule has 0 radical (unpaired) electrons. The summed E-state index contributed by atoms with van der Waals surface area (Å²) in [6.07, 6.45) is 0.167. The van der Waals surface area contributed by atoms with Crippen LogP contribution < -0.4 is 5.32 Å². The number of hydrogen-bond donors (Lipinski definition) is 1. The van der Waals surface area contributed by atoms with Gasteiger partial charge >= 0.3 is 5.97 Å². The number of para-hydroxylation sites is 1. The lowest BCUT2D eigenvalue weighted by molar-refractivity contribution is -0.128. The maximum atomic E-state index is 12.6. The van der Waals surface area contributed by atoms with Gasteiger partial charge in [-0.25, -0.2) is 4.79 Å². The van der Waals surface area contributed by atoms with Crippen LogP contribution in [0.4, 0.5) is 5.69 Å². The van der Waals surface area contributed by atoms with Crippen molar-refractivity contribution in [3.63, 3.8) is 0 Å². The lowest BCUT2D eigenvalue weighted by Gasteiger charge is -2.17. The van der Waals surface area contributed by atoms with E-state index < -0.39 is 11.9 Å². The molecule has 1 aliphatic heterocycles. The van der Waals surface area contributed by atoms with Gasteiger partial charge < -0.3 is 15.0 Å². The summed E-state index contributed by atoms with van der Waals surface area (Å²) in [5.41, 5.74) is 1.73. The van der Waals surface area contributed by atoms with Gasteiger partial charge in [-0.15, -0.1) is 0 Å². The first kappa shape index (κ1) is 18.6. The molecule has 1 aliphatic rings. The number of esters is 1. The van der Waals surface area contributed by atoms with Crippen LogP contribution in [0, 0.1) is 5.92 Å². The van der Waals surface area contributed by atoms with Crippen molar-refractivity contribution in [1.29, 1.82) is 0 Å². The van der Waals surface area contributed by atoms with E-state index >= 15 is 0 Å². The van der Waals surface area contributed by atoms with Crippen LogP contribution in [0.25, 0.3) is 0 Å². The highest BCUT2D eigenvalue weighted by Gasteiger charge is 2.34. The molecule has 0 saturated carbocycles. The number of nitrogens with one attached hydrogen (secondary N) is 1. The van der Waals surface area contributed by atoms with Crippen LogP contribution in [-0.2, 0) is 20.9 Å². The minimum absolute atomic E-state index is 0.0438. The Morgan fingerprint density at radius 2 is 1.81 bits per heavy atom. The summed E-state index contributed by atoms with van der Waals surface area (Å²) in [5.74, 6) is -1.24. The second kappa shape index (κ2) is 8.49. The smallest absolute Gasteiger partial charge is 0.340 e. The molecule has 27 heavy (non-hydrogen) atoms. The molecule has 140 valence electrons. The molecule has 0 spiro atoms. The normalized spacial score (nSPS) is 16.3. The molecule has 3 rings (SSSR count). The zero-order valence-corrected chi connectivity index (χ0v) is 15.2. The van der Waals surface area contributed by atoms with Crippen LogP contribution in [0.1, 0.15) is 29.3 Å². The molecule has 1 saturated heterocycles. The third kappa shape index (κ3) is 4.53. The molecule has 1 fully saturated rings. The number of benzene rings is 2. The predicted molar refractivity (Wildman–Crippen MR) is 101 cm³/mol. The van der Waals surface area contributed by atoms with Crippen LogP contribution in [0.15, 0.2) is 54.6 Å². The highest BCUT2D eigenvalue weighted by atomic mass is 16.5. The number of carbonyl (C=O) groups is 3. The summed E-state index contributed by atoms with van der Waals surface area (Å²) in [4.78, 5) is 38.7. The molecule has 0 bridgehead atoms. The Morgan fingerprint density at radius 3 is 2.56 bits per heavy atom. The molecule has 1 heterocycles. The van der Waals surface area contributed by atoms with Gasteiger partial charge in [0, 0.05) is 19.5 Å². The van der Waals surface area contributed by atoms with Crippen molar-refractivity contribution >= 4 is 23.5 Å². The molecule has 1 atom stereocenters. The highest BCUT2D eigenvalue weighted by molar-refractivity contribution is 6.03. The Hall–Kier alpha value is -3.15. The van der Waals surface area contributed by atoms with Crippen molar-refractivity contribution < 1.29 is 19.1 Å². The molecule has 2 aromatic carbocycles. The van der Waals surface area contributed by atoms with Crippen molar-refractivity contribution in [1.82, 2.24) is 4.90 Å². The minimum atomic E-state index is -0.485. The van der Waals surface area contributed by atoms with Crippen LogP contribution in [-0.4, -0.2) is 35.8 Å². The van der Waals surface area contributed by atoms with Crippen molar-refractivity contribution in [2.24, 2.45) is 5.92 Å². The SMILES string of the molecule is CCOC(=O)c1ccccc1NC(=O)C1CC(=O)N(Cc2ccccc2)C1. The summed E-state index contributed by atoms with van der Waals surface area (Å²) < 4.78 is 5.02. The summed E-state index contributed by atoms with van der Waals surface area (Å²) in [6.45, 7) is 2.83. The molecule has 0 aromatic heterocycles. The predicted octanol–water partition coefficient (Wildman–Crippen LogP) is 2.85. The summed E-state index contributed by atoms with van der Waals surface area (Å²) >= 11 is 0. The maximum absolute atomic E-state index is 12.6. The largest absolute Gasteiger partial charge is 0.462 e. The van der Waals surface area contributed by atoms with E-state index in [9.17, 15) is 14.4 Å². The van der Waals surface area contributed by atoms with Crippen LogP contribution in [0.5, 0.6) is 0 Å². The highest BCUT2D eigenvalue weighted by Crippen LogP contribution is 2.23. The number of rotatable bonds is 6. The molecule has 0 aliphatic carbocycles. The number of hydrogen-bond acceptors (Lipinski definition) is 4.